The van der Waals surface area contributed by atoms with Crippen molar-refractivity contribution in [2.75, 3.05) is 13.1 Å². The second kappa shape index (κ2) is 5.36. The fourth-order valence-corrected chi connectivity index (χ4v) is 4.46. The third kappa shape index (κ3) is 2.78. The topological polar surface area (TPSA) is 101 Å². The molecule has 0 unspecified atom stereocenters. The first kappa shape index (κ1) is 15.9. The number of nitro benzene ring substituents is 1. The van der Waals surface area contributed by atoms with Crippen LogP contribution in [0.1, 0.15) is 25.3 Å². The third-order valence-electron chi connectivity index (χ3n) is 3.73. The number of sulfonamides is 1. The maximum atomic E-state index is 12.5. The molecule has 1 N–H and O–H groups in total. The van der Waals surface area contributed by atoms with Gasteiger partial charge in [-0.25, -0.2) is 8.42 Å². The molecule has 7 nitrogen and oxygen atoms in total. The van der Waals surface area contributed by atoms with Gasteiger partial charge in [-0.15, -0.1) is 0 Å². The fourth-order valence-electron chi connectivity index (χ4n) is 2.62. The van der Waals surface area contributed by atoms with Gasteiger partial charge >= 0.3 is 0 Å². The van der Waals surface area contributed by atoms with Crippen LogP contribution in [0.5, 0.6) is 0 Å². The average molecular weight is 314 g/mol. The highest BCUT2D eigenvalue weighted by Gasteiger charge is 2.47. The van der Waals surface area contributed by atoms with Gasteiger partial charge in [-0.05, 0) is 19.4 Å². The highest BCUT2D eigenvalue weighted by atomic mass is 32.2. The van der Waals surface area contributed by atoms with E-state index in [-0.39, 0.29) is 29.2 Å². The summed E-state index contributed by atoms with van der Waals surface area (Å²) in [6.45, 7) is 3.40. The molecule has 1 fully saturated rings. The first-order chi connectivity index (χ1) is 9.71. The summed E-state index contributed by atoms with van der Waals surface area (Å²) in [7, 11) is -3.81. The number of hydrogen-bond donors (Lipinski definition) is 1. The summed E-state index contributed by atoms with van der Waals surface area (Å²) in [5, 5.41) is 21.0. The van der Waals surface area contributed by atoms with Gasteiger partial charge in [-0.1, -0.05) is 19.4 Å². The second-order valence-electron chi connectivity index (χ2n) is 5.40. The molecule has 0 amide bonds. The van der Waals surface area contributed by atoms with Gasteiger partial charge < -0.3 is 5.11 Å². The minimum atomic E-state index is -3.81. The summed E-state index contributed by atoms with van der Waals surface area (Å²) in [6, 6.07) is 3.99. The number of nitrogens with zero attached hydrogens (tertiary/aromatic N) is 2. The molecule has 2 rings (SSSR count). The number of nitro groups is 1. The van der Waals surface area contributed by atoms with Gasteiger partial charge in [0.05, 0.1) is 15.4 Å². The molecule has 0 spiro atoms. The smallest absolute Gasteiger partial charge is 0.273 e. The van der Waals surface area contributed by atoms with Crippen molar-refractivity contribution in [3.05, 3.63) is 33.9 Å². The van der Waals surface area contributed by atoms with Crippen molar-refractivity contribution in [3.8, 4) is 0 Å². The first-order valence-electron chi connectivity index (χ1n) is 6.68. The van der Waals surface area contributed by atoms with Crippen LogP contribution in [0.2, 0.25) is 0 Å². The Morgan fingerprint density at radius 3 is 2.57 bits per heavy atom. The number of β-amino-alcohol motifs (C(OH)–C–C–N with tert-alkyl or cyclic N) is 1. The molecule has 0 radical (unpaired) electrons. The quantitative estimate of drug-likeness (QED) is 0.654. The van der Waals surface area contributed by atoms with Crippen LogP contribution in [-0.4, -0.2) is 41.4 Å². The van der Waals surface area contributed by atoms with Gasteiger partial charge in [0.15, 0.2) is 0 Å². The summed E-state index contributed by atoms with van der Waals surface area (Å²) in [6.07, 6.45) is 1.30. The second-order valence-corrected chi connectivity index (χ2v) is 7.31. The van der Waals surface area contributed by atoms with Crippen LogP contribution < -0.4 is 0 Å². The predicted molar refractivity (Wildman–Crippen MR) is 76.5 cm³/mol. The lowest BCUT2D eigenvalue weighted by molar-refractivity contribution is -0.385. The number of aliphatic hydroxyl groups is 1. The Bertz CT molecular complexity index is 665. The minimum Gasteiger partial charge on any atom is -0.387 e. The van der Waals surface area contributed by atoms with Crippen LogP contribution in [0.3, 0.4) is 0 Å². The van der Waals surface area contributed by atoms with E-state index in [0.717, 1.165) is 10.7 Å². The lowest BCUT2D eigenvalue weighted by Gasteiger charge is -2.45. The summed E-state index contributed by atoms with van der Waals surface area (Å²) in [5.41, 5.74) is -1.08. The van der Waals surface area contributed by atoms with E-state index in [9.17, 15) is 23.6 Å². The van der Waals surface area contributed by atoms with Crippen LogP contribution in [0.15, 0.2) is 23.1 Å². The van der Waals surface area contributed by atoms with Gasteiger partial charge in [0.2, 0.25) is 10.0 Å². The molecule has 0 saturated carbocycles. The van der Waals surface area contributed by atoms with Crippen LogP contribution in [0.4, 0.5) is 5.69 Å². The van der Waals surface area contributed by atoms with Crippen molar-refractivity contribution in [1.82, 2.24) is 4.31 Å². The third-order valence-corrected chi connectivity index (χ3v) is 5.66. The highest BCUT2D eigenvalue weighted by molar-refractivity contribution is 7.89. The van der Waals surface area contributed by atoms with Crippen molar-refractivity contribution < 1.29 is 18.4 Å². The van der Waals surface area contributed by atoms with Crippen molar-refractivity contribution in [1.29, 1.82) is 0 Å². The van der Waals surface area contributed by atoms with Gasteiger partial charge in [-0.3, -0.25) is 10.1 Å². The zero-order valence-electron chi connectivity index (χ0n) is 11.9. The Labute approximate surface area is 123 Å². The molecule has 1 aromatic carbocycles. The Morgan fingerprint density at radius 1 is 1.43 bits per heavy atom. The molecule has 0 bridgehead atoms. The number of hydrogen-bond acceptors (Lipinski definition) is 5. The normalized spacial score (nSPS) is 18.2. The molecule has 1 aliphatic rings. The van der Waals surface area contributed by atoms with E-state index in [0.29, 0.717) is 6.42 Å². The maximum Gasteiger partial charge on any atom is 0.273 e. The molecule has 1 aromatic rings. The van der Waals surface area contributed by atoms with Gasteiger partial charge in [0, 0.05) is 24.7 Å². The SMILES string of the molecule is CCCC1(O)CN(S(=O)(=O)c2cccc([N+](=O)[O-])c2C)C1. The molecule has 0 atom stereocenters. The van der Waals surface area contributed by atoms with E-state index in [2.05, 4.69) is 0 Å². The van der Waals surface area contributed by atoms with Gasteiger partial charge in [-0.2, -0.15) is 4.31 Å². The van der Waals surface area contributed by atoms with Gasteiger partial charge in [0.1, 0.15) is 0 Å². The number of benzene rings is 1. The first-order valence-corrected chi connectivity index (χ1v) is 8.12. The lowest BCUT2D eigenvalue weighted by Crippen LogP contribution is -2.63. The molecule has 1 heterocycles. The van der Waals surface area contributed by atoms with Gasteiger partial charge in [0.25, 0.3) is 5.69 Å². The molecule has 1 aliphatic heterocycles. The minimum absolute atomic E-state index is 0.0330. The van der Waals surface area contributed by atoms with Crippen molar-refractivity contribution >= 4 is 15.7 Å². The van der Waals surface area contributed by atoms with Crippen molar-refractivity contribution in [3.63, 3.8) is 0 Å². The largest absolute Gasteiger partial charge is 0.387 e. The van der Waals surface area contributed by atoms with E-state index < -0.39 is 20.5 Å². The summed E-state index contributed by atoms with van der Waals surface area (Å²) in [4.78, 5) is 10.2. The molecule has 0 aromatic heterocycles. The van der Waals surface area contributed by atoms with E-state index in [4.69, 9.17) is 0 Å². The van der Waals surface area contributed by atoms with Crippen molar-refractivity contribution in [2.45, 2.75) is 37.2 Å². The zero-order chi connectivity index (χ0) is 15.8. The lowest BCUT2D eigenvalue weighted by atomic mass is 9.92. The summed E-state index contributed by atoms with van der Waals surface area (Å²) >= 11 is 0. The van der Waals surface area contributed by atoms with Crippen molar-refractivity contribution in [2.24, 2.45) is 0 Å². The monoisotopic (exact) mass is 314 g/mol. The van der Waals surface area contributed by atoms with Crippen LogP contribution in [-0.2, 0) is 10.0 Å². The Kier molecular flexibility index (Phi) is 4.05. The molecule has 0 aliphatic carbocycles. The molecular formula is C13H18N2O5S. The predicted octanol–water partition coefficient (Wildman–Crippen LogP) is 1.44. The Balaban J connectivity index is 2.31. The average Bonchev–Trinajstić information content (AvgIpc) is 2.35. The number of rotatable bonds is 5. The molecule has 1 saturated heterocycles. The van der Waals surface area contributed by atoms with E-state index in [1.807, 2.05) is 6.92 Å². The maximum absolute atomic E-state index is 12.5. The summed E-state index contributed by atoms with van der Waals surface area (Å²) in [5.74, 6) is 0. The van der Waals surface area contributed by atoms with Crippen LogP contribution in [0, 0.1) is 17.0 Å². The summed E-state index contributed by atoms with van der Waals surface area (Å²) < 4.78 is 26.2. The van der Waals surface area contributed by atoms with E-state index in [1.165, 1.54) is 25.1 Å². The zero-order valence-corrected chi connectivity index (χ0v) is 12.8. The van der Waals surface area contributed by atoms with Crippen LogP contribution >= 0.6 is 0 Å². The molecule has 21 heavy (non-hydrogen) atoms. The highest BCUT2D eigenvalue weighted by Crippen LogP contribution is 2.34. The standard InChI is InChI=1S/C13H18N2O5S/c1-3-7-13(16)8-14(9-13)21(19,20)12-6-4-5-11(10(12)2)15(17)18/h4-6,16H,3,7-9H2,1-2H3. The Morgan fingerprint density at radius 2 is 2.05 bits per heavy atom. The van der Waals surface area contributed by atoms with E-state index >= 15 is 0 Å². The fraction of sp³-hybridized carbons (Fsp3) is 0.538. The van der Waals surface area contributed by atoms with E-state index in [1.54, 1.807) is 0 Å². The Hall–Kier alpha value is -1.51. The molecule has 8 heteroatoms. The molecule has 116 valence electrons. The van der Waals surface area contributed by atoms with Crippen LogP contribution in [0.25, 0.3) is 0 Å². The molecular weight excluding hydrogens is 296 g/mol.